The molecule has 1 aliphatic heterocycles. The van der Waals surface area contributed by atoms with Gasteiger partial charge in [0.15, 0.2) is 0 Å². The van der Waals surface area contributed by atoms with E-state index in [1.165, 1.54) is 19.3 Å². The van der Waals surface area contributed by atoms with Crippen molar-refractivity contribution in [1.82, 2.24) is 4.90 Å². The Kier molecular flexibility index (Phi) is 5.24. The molecule has 0 aliphatic carbocycles. The normalized spacial score (nSPS) is 15.7. The number of methoxy groups -OCH3 is 2. The third-order valence-electron chi connectivity index (χ3n) is 3.50. The number of carbonyl (C=O) groups is 1. The summed E-state index contributed by atoms with van der Waals surface area (Å²) in [7, 11) is 3.18. The van der Waals surface area contributed by atoms with Crippen molar-refractivity contribution in [1.29, 1.82) is 0 Å². The van der Waals surface area contributed by atoms with Crippen LogP contribution in [0.15, 0.2) is 18.2 Å². The van der Waals surface area contributed by atoms with Crippen LogP contribution in [0.25, 0.3) is 0 Å². The second-order valence-corrected chi connectivity index (χ2v) is 4.95. The number of hydrogen-bond donors (Lipinski definition) is 1. The summed E-state index contributed by atoms with van der Waals surface area (Å²) >= 11 is 0. The number of piperidine rings is 1. The Labute approximate surface area is 119 Å². The summed E-state index contributed by atoms with van der Waals surface area (Å²) in [5.41, 5.74) is 0.676. The molecule has 0 bridgehead atoms. The number of hydrogen-bond acceptors (Lipinski definition) is 4. The number of amides is 1. The van der Waals surface area contributed by atoms with Gasteiger partial charge in [0, 0.05) is 6.07 Å². The molecule has 5 nitrogen and oxygen atoms in total. The van der Waals surface area contributed by atoms with Gasteiger partial charge < -0.3 is 14.8 Å². The molecular formula is C15H22N2O3. The lowest BCUT2D eigenvalue weighted by Crippen LogP contribution is -2.36. The van der Waals surface area contributed by atoms with Crippen molar-refractivity contribution in [2.75, 3.05) is 39.2 Å². The molecule has 0 aromatic heterocycles. The predicted molar refractivity (Wildman–Crippen MR) is 78.5 cm³/mol. The summed E-state index contributed by atoms with van der Waals surface area (Å²) in [5.74, 6) is 1.31. The quantitative estimate of drug-likeness (QED) is 0.896. The Hall–Kier alpha value is -1.75. The predicted octanol–water partition coefficient (Wildman–Crippen LogP) is 2.13. The number of anilines is 1. The third-order valence-corrected chi connectivity index (χ3v) is 3.50. The lowest BCUT2D eigenvalue weighted by molar-refractivity contribution is -0.117. The molecule has 0 spiro atoms. The molecular weight excluding hydrogens is 256 g/mol. The van der Waals surface area contributed by atoms with Gasteiger partial charge in [-0.2, -0.15) is 0 Å². The average Bonchev–Trinajstić information content (AvgIpc) is 2.48. The molecule has 1 aromatic carbocycles. The molecule has 1 N–H and O–H groups in total. The Bertz CT molecular complexity index is 456. The SMILES string of the molecule is COc1ccc(NC(=O)CN2CCCCC2)c(OC)c1. The van der Waals surface area contributed by atoms with Gasteiger partial charge in [0.1, 0.15) is 11.5 Å². The van der Waals surface area contributed by atoms with E-state index >= 15 is 0 Å². The molecule has 1 fully saturated rings. The van der Waals surface area contributed by atoms with Crippen LogP contribution in [0.2, 0.25) is 0 Å². The van der Waals surface area contributed by atoms with Crippen LogP contribution in [0.4, 0.5) is 5.69 Å². The van der Waals surface area contributed by atoms with Crippen LogP contribution >= 0.6 is 0 Å². The minimum atomic E-state index is -0.00429. The fourth-order valence-electron chi connectivity index (χ4n) is 2.41. The highest BCUT2D eigenvalue weighted by molar-refractivity contribution is 5.93. The van der Waals surface area contributed by atoms with Crippen LogP contribution in [0, 0.1) is 0 Å². The van der Waals surface area contributed by atoms with Crippen LogP contribution in [0.1, 0.15) is 19.3 Å². The fraction of sp³-hybridized carbons (Fsp3) is 0.533. The standard InChI is InChI=1S/C15H22N2O3/c1-19-12-6-7-13(14(10-12)20-2)16-15(18)11-17-8-4-3-5-9-17/h6-7,10H,3-5,8-9,11H2,1-2H3,(H,16,18). The number of nitrogens with one attached hydrogen (secondary N) is 1. The summed E-state index contributed by atoms with van der Waals surface area (Å²) in [4.78, 5) is 14.3. The van der Waals surface area contributed by atoms with Crippen molar-refractivity contribution < 1.29 is 14.3 Å². The maximum atomic E-state index is 12.1. The molecule has 1 aliphatic rings. The first-order chi connectivity index (χ1) is 9.72. The molecule has 0 radical (unpaired) electrons. The van der Waals surface area contributed by atoms with E-state index in [0.29, 0.717) is 23.7 Å². The van der Waals surface area contributed by atoms with Crippen LogP contribution in [-0.4, -0.2) is 44.7 Å². The highest BCUT2D eigenvalue weighted by Gasteiger charge is 2.15. The average molecular weight is 278 g/mol. The molecule has 1 heterocycles. The molecule has 0 unspecified atom stereocenters. The van der Waals surface area contributed by atoms with Crippen molar-refractivity contribution >= 4 is 11.6 Å². The highest BCUT2D eigenvalue weighted by Crippen LogP contribution is 2.28. The summed E-state index contributed by atoms with van der Waals surface area (Å²) in [6.45, 7) is 2.45. The number of likely N-dealkylation sites (tertiary alicyclic amines) is 1. The number of rotatable bonds is 5. The summed E-state index contributed by atoms with van der Waals surface area (Å²) in [6, 6.07) is 5.36. The van der Waals surface area contributed by atoms with E-state index in [1.807, 2.05) is 0 Å². The molecule has 2 rings (SSSR count). The number of benzene rings is 1. The molecule has 110 valence electrons. The van der Waals surface area contributed by atoms with E-state index in [4.69, 9.17) is 9.47 Å². The molecule has 0 atom stereocenters. The van der Waals surface area contributed by atoms with Crippen molar-refractivity contribution in [3.63, 3.8) is 0 Å². The zero-order valence-electron chi connectivity index (χ0n) is 12.1. The van der Waals surface area contributed by atoms with E-state index in [-0.39, 0.29) is 5.91 Å². The molecule has 1 aromatic rings. The number of ether oxygens (including phenoxy) is 2. The van der Waals surface area contributed by atoms with Crippen LogP contribution < -0.4 is 14.8 Å². The monoisotopic (exact) mass is 278 g/mol. The van der Waals surface area contributed by atoms with Crippen LogP contribution in [0.3, 0.4) is 0 Å². The van der Waals surface area contributed by atoms with Gasteiger partial charge in [-0.25, -0.2) is 0 Å². The molecule has 1 saturated heterocycles. The van der Waals surface area contributed by atoms with Gasteiger partial charge in [-0.05, 0) is 38.1 Å². The van der Waals surface area contributed by atoms with Crippen LogP contribution in [-0.2, 0) is 4.79 Å². The van der Waals surface area contributed by atoms with Gasteiger partial charge in [-0.3, -0.25) is 9.69 Å². The van der Waals surface area contributed by atoms with Crippen molar-refractivity contribution in [3.05, 3.63) is 18.2 Å². The fourth-order valence-corrected chi connectivity index (χ4v) is 2.41. The van der Waals surface area contributed by atoms with E-state index in [1.54, 1.807) is 32.4 Å². The Balaban J connectivity index is 1.96. The molecule has 5 heteroatoms. The van der Waals surface area contributed by atoms with Gasteiger partial charge in [-0.1, -0.05) is 6.42 Å². The molecule has 0 saturated carbocycles. The topological polar surface area (TPSA) is 50.8 Å². The zero-order valence-corrected chi connectivity index (χ0v) is 12.1. The van der Waals surface area contributed by atoms with E-state index in [0.717, 1.165) is 13.1 Å². The van der Waals surface area contributed by atoms with Crippen molar-refractivity contribution in [3.8, 4) is 11.5 Å². The highest BCUT2D eigenvalue weighted by atomic mass is 16.5. The summed E-state index contributed by atoms with van der Waals surface area (Å²) < 4.78 is 10.4. The van der Waals surface area contributed by atoms with Gasteiger partial charge in [0.05, 0.1) is 26.5 Å². The lowest BCUT2D eigenvalue weighted by Gasteiger charge is -2.25. The minimum Gasteiger partial charge on any atom is -0.497 e. The Morgan fingerprint density at radius 1 is 1.20 bits per heavy atom. The minimum absolute atomic E-state index is 0.00429. The van der Waals surface area contributed by atoms with Gasteiger partial charge >= 0.3 is 0 Å². The maximum Gasteiger partial charge on any atom is 0.238 e. The summed E-state index contributed by atoms with van der Waals surface area (Å²) in [5, 5.41) is 2.90. The molecule has 20 heavy (non-hydrogen) atoms. The number of carbonyl (C=O) groups excluding carboxylic acids is 1. The van der Waals surface area contributed by atoms with E-state index in [9.17, 15) is 4.79 Å². The lowest BCUT2D eigenvalue weighted by atomic mass is 10.1. The van der Waals surface area contributed by atoms with E-state index in [2.05, 4.69) is 10.2 Å². The Morgan fingerprint density at radius 2 is 1.95 bits per heavy atom. The smallest absolute Gasteiger partial charge is 0.238 e. The second-order valence-electron chi connectivity index (χ2n) is 4.95. The zero-order chi connectivity index (χ0) is 14.4. The van der Waals surface area contributed by atoms with Crippen LogP contribution in [0.5, 0.6) is 11.5 Å². The largest absolute Gasteiger partial charge is 0.497 e. The van der Waals surface area contributed by atoms with Gasteiger partial charge in [0.2, 0.25) is 5.91 Å². The first-order valence-corrected chi connectivity index (χ1v) is 6.97. The van der Waals surface area contributed by atoms with Gasteiger partial charge in [-0.15, -0.1) is 0 Å². The van der Waals surface area contributed by atoms with E-state index < -0.39 is 0 Å². The second kappa shape index (κ2) is 7.14. The number of nitrogens with zero attached hydrogens (tertiary/aromatic N) is 1. The summed E-state index contributed by atoms with van der Waals surface area (Å²) in [6.07, 6.45) is 3.63. The van der Waals surface area contributed by atoms with Crippen molar-refractivity contribution in [2.45, 2.75) is 19.3 Å². The van der Waals surface area contributed by atoms with Gasteiger partial charge in [0.25, 0.3) is 0 Å². The molecule has 1 amide bonds. The first kappa shape index (κ1) is 14.7. The maximum absolute atomic E-state index is 12.1. The third kappa shape index (κ3) is 3.87. The first-order valence-electron chi connectivity index (χ1n) is 6.97. The Morgan fingerprint density at radius 3 is 2.60 bits per heavy atom. The van der Waals surface area contributed by atoms with Crippen molar-refractivity contribution in [2.24, 2.45) is 0 Å².